The molecule has 0 spiro atoms. The van der Waals surface area contributed by atoms with Gasteiger partial charge >= 0.3 is 0 Å². The molecule has 7 atom stereocenters. The summed E-state index contributed by atoms with van der Waals surface area (Å²) < 4.78 is 24.8. The van der Waals surface area contributed by atoms with Crippen molar-refractivity contribution in [2.45, 2.75) is 140 Å². The van der Waals surface area contributed by atoms with Crippen molar-refractivity contribution in [3.63, 3.8) is 0 Å². The Hall–Kier alpha value is -1.31. The fraction of sp³-hybridized carbons (Fsp3) is 0.767. The Kier molecular flexibility index (Phi) is 13.4. The van der Waals surface area contributed by atoms with Crippen LogP contribution in [0.5, 0.6) is 0 Å². The van der Waals surface area contributed by atoms with E-state index in [1.54, 1.807) is 7.11 Å². The van der Waals surface area contributed by atoms with Crippen molar-refractivity contribution < 1.29 is 28.8 Å². The predicted molar refractivity (Wildman–Crippen MR) is 141 cm³/mol. The normalized spacial score (nSPS) is 28.5. The third-order valence-electron chi connectivity index (χ3n) is 7.62. The van der Waals surface area contributed by atoms with E-state index in [4.69, 9.17) is 18.9 Å². The monoisotopic (exact) mass is 504 g/mol. The lowest BCUT2D eigenvalue weighted by Crippen LogP contribution is -2.40. The molecule has 3 rings (SSSR count). The van der Waals surface area contributed by atoms with Gasteiger partial charge in [0.15, 0.2) is 0 Å². The van der Waals surface area contributed by atoms with Gasteiger partial charge in [-0.05, 0) is 56.9 Å². The highest BCUT2D eigenvalue weighted by Crippen LogP contribution is 2.31. The summed E-state index contributed by atoms with van der Waals surface area (Å²) in [6, 6.07) is 10.2. The maximum atomic E-state index is 11.2. The second-order valence-electron chi connectivity index (χ2n) is 10.7. The van der Waals surface area contributed by atoms with Gasteiger partial charge < -0.3 is 28.8 Å². The van der Waals surface area contributed by atoms with Crippen LogP contribution in [0.4, 0.5) is 0 Å². The Balaban J connectivity index is 1.47. The van der Waals surface area contributed by atoms with Crippen LogP contribution in [0.25, 0.3) is 0 Å². The van der Waals surface area contributed by atoms with Crippen molar-refractivity contribution in [3.05, 3.63) is 35.9 Å². The predicted octanol–water partition coefficient (Wildman–Crippen LogP) is 5.77. The number of unbranched alkanes of at least 4 members (excludes halogenated alkanes) is 2. The van der Waals surface area contributed by atoms with Gasteiger partial charge in [-0.25, -0.2) is 0 Å². The summed E-state index contributed by atoms with van der Waals surface area (Å²) in [6.07, 6.45) is 12.7. The van der Waals surface area contributed by atoms with Crippen LogP contribution in [0.1, 0.15) is 96.0 Å². The van der Waals surface area contributed by atoms with Gasteiger partial charge in [-0.1, -0.05) is 56.5 Å². The Bertz CT molecular complexity index is 713. The topological polar surface area (TPSA) is 74.2 Å². The molecule has 0 amide bonds. The first-order valence-electron chi connectivity index (χ1n) is 14.2. The number of methoxy groups -OCH3 is 1. The molecule has 0 unspecified atom stereocenters. The number of rotatable bonds is 16. The van der Waals surface area contributed by atoms with Crippen LogP contribution in [0, 0.1) is 0 Å². The standard InChI is InChI=1S/C30H48O6/c1-3-4-6-12-24(32)17-25-13-9-14-26(35-25)18-28(33-2)20-30-21-29(19-27(36-30)15-16-31)34-22-23-10-7-5-8-11-23/h5,7-8,10-11,16,24-30,32H,3-4,6,9,12-15,17-22H2,1-2H3/t24-,25-,26-,27-,28+,29-,30+/m0/s1. The lowest BCUT2D eigenvalue weighted by molar-refractivity contribution is -0.141. The molecule has 2 saturated heterocycles. The summed E-state index contributed by atoms with van der Waals surface area (Å²) in [5, 5.41) is 10.4. The maximum absolute atomic E-state index is 11.2. The average Bonchev–Trinajstić information content (AvgIpc) is 2.88. The van der Waals surface area contributed by atoms with Gasteiger partial charge in [-0.15, -0.1) is 0 Å². The number of carbonyl (C=O) groups excluding carboxylic acids is 1. The molecular formula is C30H48O6. The van der Waals surface area contributed by atoms with Gasteiger partial charge in [-0.2, -0.15) is 0 Å². The number of aliphatic hydroxyl groups excluding tert-OH is 1. The second-order valence-corrected chi connectivity index (χ2v) is 10.7. The van der Waals surface area contributed by atoms with Gasteiger partial charge in [0.05, 0.1) is 49.3 Å². The summed E-state index contributed by atoms with van der Waals surface area (Å²) in [5.74, 6) is 0. The molecular weight excluding hydrogens is 456 g/mol. The largest absolute Gasteiger partial charge is 0.393 e. The van der Waals surface area contributed by atoms with Crippen LogP contribution in [0.3, 0.4) is 0 Å². The first kappa shape index (κ1) is 29.2. The average molecular weight is 505 g/mol. The van der Waals surface area contributed by atoms with Gasteiger partial charge in [0, 0.05) is 20.0 Å². The zero-order chi connectivity index (χ0) is 25.6. The molecule has 0 saturated carbocycles. The number of benzene rings is 1. The van der Waals surface area contributed by atoms with E-state index in [0.717, 1.165) is 76.1 Å². The van der Waals surface area contributed by atoms with Crippen molar-refractivity contribution in [1.82, 2.24) is 0 Å². The van der Waals surface area contributed by atoms with Gasteiger partial charge in [0.25, 0.3) is 0 Å². The minimum absolute atomic E-state index is 0.00537. The van der Waals surface area contributed by atoms with E-state index in [1.807, 2.05) is 18.2 Å². The van der Waals surface area contributed by atoms with Crippen LogP contribution >= 0.6 is 0 Å². The molecule has 36 heavy (non-hydrogen) atoms. The molecule has 2 aliphatic rings. The summed E-state index contributed by atoms with van der Waals surface area (Å²) >= 11 is 0. The second kappa shape index (κ2) is 16.5. The van der Waals surface area contributed by atoms with E-state index < -0.39 is 0 Å². The molecule has 0 aromatic heterocycles. The molecule has 0 aliphatic carbocycles. The lowest BCUT2D eigenvalue weighted by atomic mass is 9.92. The Labute approximate surface area is 218 Å². The van der Waals surface area contributed by atoms with E-state index in [1.165, 1.54) is 12.8 Å². The SMILES string of the molecule is CCCCC[C@H](O)C[C@@H]1CCC[C@@H](C[C@H](C[C@@H]2C[C@@H](OCc3ccccc3)C[C@H](CC=O)O2)OC)O1. The molecule has 2 aliphatic heterocycles. The number of ether oxygens (including phenoxy) is 4. The van der Waals surface area contributed by atoms with E-state index in [0.29, 0.717) is 13.0 Å². The summed E-state index contributed by atoms with van der Waals surface area (Å²) in [6.45, 7) is 2.76. The molecule has 1 aromatic carbocycles. The molecule has 0 bridgehead atoms. The molecule has 6 heteroatoms. The fourth-order valence-electron chi connectivity index (χ4n) is 5.66. The summed E-state index contributed by atoms with van der Waals surface area (Å²) in [5.41, 5.74) is 1.15. The van der Waals surface area contributed by atoms with Gasteiger partial charge in [0.2, 0.25) is 0 Å². The van der Waals surface area contributed by atoms with E-state index in [2.05, 4.69) is 19.1 Å². The number of hydrogen-bond donors (Lipinski definition) is 1. The Morgan fingerprint density at radius 2 is 1.69 bits per heavy atom. The molecule has 2 fully saturated rings. The van der Waals surface area contributed by atoms with Crippen LogP contribution in [0.15, 0.2) is 30.3 Å². The highest BCUT2D eigenvalue weighted by atomic mass is 16.5. The molecule has 204 valence electrons. The number of hydrogen-bond acceptors (Lipinski definition) is 6. The molecule has 2 heterocycles. The first-order valence-corrected chi connectivity index (χ1v) is 14.2. The minimum Gasteiger partial charge on any atom is -0.393 e. The maximum Gasteiger partial charge on any atom is 0.122 e. The highest BCUT2D eigenvalue weighted by molar-refractivity contribution is 5.50. The zero-order valence-corrected chi connectivity index (χ0v) is 22.4. The van der Waals surface area contributed by atoms with Crippen LogP contribution in [-0.2, 0) is 30.3 Å². The van der Waals surface area contributed by atoms with Crippen molar-refractivity contribution in [2.24, 2.45) is 0 Å². The quantitative estimate of drug-likeness (QED) is 0.227. The van der Waals surface area contributed by atoms with Crippen molar-refractivity contribution in [2.75, 3.05) is 7.11 Å². The molecule has 6 nitrogen and oxygen atoms in total. The van der Waals surface area contributed by atoms with E-state index in [9.17, 15) is 9.90 Å². The third kappa shape index (κ3) is 10.6. The third-order valence-corrected chi connectivity index (χ3v) is 7.62. The molecule has 0 radical (unpaired) electrons. The van der Waals surface area contributed by atoms with Crippen molar-refractivity contribution >= 4 is 6.29 Å². The fourth-order valence-corrected chi connectivity index (χ4v) is 5.66. The number of aliphatic hydroxyl groups is 1. The van der Waals surface area contributed by atoms with Crippen LogP contribution in [-0.4, -0.2) is 61.2 Å². The van der Waals surface area contributed by atoms with Crippen LogP contribution in [0.2, 0.25) is 0 Å². The number of carbonyl (C=O) groups is 1. The van der Waals surface area contributed by atoms with E-state index in [-0.39, 0.29) is 42.7 Å². The van der Waals surface area contributed by atoms with Crippen molar-refractivity contribution in [1.29, 1.82) is 0 Å². The first-order chi connectivity index (χ1) is 17.6. The summed E-state index contributed by atoms with van der Waals surface area (Å²) in [4.78, 5) is 11.2. The molecule has 1 aromatic rings. The van der Waals surface area contributed by atoms with Crippen molar-refractivity contribution in [3.8, 4) is 0 Å². The van der Waals surface area contributed by atoms with E-state index >= 15 is 0 Å². The molecule has 1 N–H and O–H groups in total. The Morgan fingerprint density at radius 3 is 2.42 bits per heavy atom. The highest BCUT2D eigenvalue weighted by Gasteiger charge is 2.33. The number of aldehydes is 1. The zero-order valence-electron chi connectivity index (χ0n) is 22.4. The minimum atomic E-state index is -0.267. The summed E-state index contributed by atoms with van der Waals surface area (Å²) in [7, 11) is 1.76. The lowest BCUT2D eigenvalue weighted by Gasteiger charge is -2.37. The van der Waals surface area contributed by atoms with Gasteiger partial charge in [0.1, 0.15) is 6.29 Å². The Morgan fingerprint density at radius 1 is 1.00 bits per heavy atom. The smallest absolute Gasteiger partial charge is 0.122 e. The van der Waals surface area contributed by atoms with Gasteiger partial charge in [-0.3, -0.25) is 0 Å². The van der Waals surface area contributed by atoms with Crippen LogP contribution < -0.4 is 0 Å².